The van der Waals surface area contributed by atoms with Crippen molar-refractivity contribution in [3.63, 3.8) is 0 Å². The van der Waals surface area contributed by atoms with E-state index < -0.39 is 0 Å². The van der Waals surface area contributed by atoms with Gasteiger partial charge in [0.05, 0.1) is 6.20 Å². The molecule has 1 amide bonds. The monoisotopic (exact) mass is 370 g/mol. The van der Waals surface area contributed by atoms with Gasteiger partial charge < -0.3 is 10.2 Å². The van der Waals surface area contributed by atoms with Crippen LogP contribution in [0.25, 0.3) is 0 Å². The highest BCUT2D eigenvalue weighted by molar-refractivity contribution is 7.07. The molecule has 1 saturated carbocycles. The number of nitrogens with one attached hydrogen (secondary N) is 2. The number of rotatable bonds is 4. The molecular weight excluding hydrogens is 344 g/mol. The van der Waals surface area contributed by atoms with Gasteiger partial charge in [0, 0.05) is 30.6 Å². The molecule has 0 aromatic carbocycles. The molecule has 3 aliphatic rings. The molecule has 3 heterocycles. The van der Waals surface area contributed by atoms with E-state index in [0.29, 0.717) is 17.4 Å². The number of H-pyrrole nitrogens is 1. The van der Waals surface area contributed by atoms with Gasteiger partial charge in [0.15, 0.2) is 0 Å². The predicted molar refractivity (Wildman–Crippen MR) is 102 cm³/mol. The Hall–Kier alpha value is -1.66. The van der Waals surface area contributed by atoms with Crippen LogP contribution in [0.5, 0.6) is 0 Å². The van der Waals surface area contributed by atoms with E-state index in [-0.39, 0.29) is 5.92 Å². The van der Waals surface area contributed by atoms with E-state index in [1.807, 2.05) is 6.20 Å². The molecule has 2 fully saturated rings. The molecule has 2 aromatic heterocycles. The lowest BCUT2D eigenvalue weighted by Crippen LogP contribution is -2.43. The van der Waals surface area contributed by atoms with E-state index in [2.05, 4.69) is 37.2 Å². The number of amides is 1. The lowest BCUT2D eigenvalue weighted by Gasteiger charge is -2.33. The number of aromatic nitrogens is 2. The predicted octanol–water partition coefficient (Wildman–Crippen LogP) is 2.75. The minimum atomic E-state index is 0.0981. The first-order valence-corrected chi connectivity index (χ1v) is 10.7. The summed E-state index contributed by atoms with van der Waals surface area (Å²) in [5.74, 6) is 0.456. The van der Waals surface area contributed by atoms with E-state index in [4.69, 9.17) is 0 Å². The van der Waals surface area contributed by atoms with Gasteiger partial charge >= 0.3 is 0 Å². The van der Waals surface area contributed by atoms with E-state index >= 15 is 0 Å². The van der Waals surface area contributed by atoms with E-state index in [1.54, 1.807) is 11.3 Å². The second-order valence-electron chi connectivity index (χ2n) is 8.24. The molecule has 2 aromatic rings. The van der Waals surface area contributed by atoms with Crippen LogP contribution in [0.15, 0.2) is 23.0 Å². The fourth-order valence-corrected chi connectivity index (χ4v) is 5.66. The van der Waals surface area contributed by atoms with Gasteiger partial charge in [0.1, 0.15) is 0 Å². The van der Waals surface area contributed by atoms with Gasteiger partial charge in [0.25, 0.3) is 0 Å². The summed E-state index contributed by atoms with van der Waals surface area (Å²) in [7, 11) is 0. The number of carbonyl (C=O) groups is 1. The quantitative estimate of drug-likeness (QED) is 0.870. The first-order valence-electron chi connectivity index (χ1n) is 9.79. The highest BCUT2D eigenvalue weighted by atomic mass is 32.1. The van der Waals surface area contributed by atoms with Crippen molar-refractivity contribution in [3.8, 4) is 0 Å². The molecule has 5 nitrogen and oxygen atoms in total. The average molecular weight is 371 g/mol. The summed E-state index contributed by atoms with van der Waals surface area (Å²) < 4.78 is 0. The molecule has 0 unspecified atom stereocenters. The lowest BCUT2D eigenvalue weighted by molar-refractivity contribution is -0.138. The molecule has 26 heavy (non-hydrogen) atoms. The van der Waals surface area contributed by atoms with Crippen molar-refractivity contribution in [2.45, 2.75) is 51.1 Å². The van der Waals surface area contributed by atoms with Crippen molar-refractivity contribution in [1.82, 2.24) is 20.4 Å². The number of thiophene rings is 1. The van der Waals surface area contributed by atoms with Gasteiger partial charge in [-0.05, 0) is 78.6 Å². The Bertz CT molecular complexity index is 778. The SMILES string of the molecule is O=C([C@H]1CCc2cn[nH]c2C1)N(Cc1ccsc1)[C@H]1CC12CCNCC2. The van der Waals surface area contributed by atoms with Crippen LogP contribution in [0.2, 0.25) is 0 Å². The van der Waals surface area contributed by atoms with Crippen molar-refractivity contribution in [2.24, 2.45) is 11.3 Å². The summed E-state index contributed by atoms with van der Waals surface area (Å²) in [6.45, 7) is 2.96. The summed E-state index contributed by atoms with van der Waals surface area (Å²) >= 11 is 1.72. The maximum Gasteiger partial charge on any atom is 0.226 e. The lowest BCUT2D eigenvalue weighted by atomic mass is 9.86. The minimum absolute atomic E-state index is 0.0981. The van der Waals surface area contributed by atoms with Crippen molar-refractivity contribution < 1.29 is 4.79 Å². The Balaban J connectivity index is 1.36. The fourth-order valence-electron chi connectivity index (χ4n) is 5.00. The Kier molecular flexibility index (Phi) is 4.13. The second-order valence-corrected chi connectivity index (χ2v) is 9.02. The van der Waals surface area contributed by atoms with E-state index in [0.717, 1.165) is 44.6 Å². The Labute approximate surface area is 158 Å². The maximum atomic E-state index is 13.5. The molecule has 2 atom stereocenters. The highest BCUT2D eigenvalue weighted by Crippen LogP contribution is 2.56. The van der Waals surface area contributed by atoms with E-state index in [1.165, 1.54) is 30.4 Å². The Morgan fingerprint density at radius 2 is 2.27 bits per heavy atom. The van der Waals surface area contributed by atoms with Crippen LogP contribution in [-0.4, -0.2) is 40.1 Å². The third-order valence-corrected chi connectivity index (χ3v) is 7.44. The van der Waals surface area contributed by atoms with Crippen LogP contribution in [0, 0.1) is 11.3 Å². The molecule has 2 aliphatic carbocycles. The van der Waals surface area contributed by atoms with Crippen molar-refractivity contribution in [3.05, 3.63) is 39.8 Å². The summed E-state index contributed by atoms with van der Waals surface area (Å²) in [5, 5.41) is 15.0. The first kappa shape index (κ1) is 16.5. The molecule has 1 aliphatic heterocycles. The molecule has 5 rings (SSSR count). The maximum absolute atomic E-state index is 13.5. The van der Waals surface area contributed by atoms with Gasteiger partial charge in [0.2, 0.25) is 5.91 Å². The third-order valence-electron chi connectivity index (χ3n) is 6.71. The number of piperidine rings is 1. The van der Waals surface area contributed by atoms with Gasteiger partial charge in [-0.25, -0.2) is 0 Å². The number of aromatic amines is 1. The second kappa shape index (κ2) is 6.50. The van der Waals surface area contributed by atoms with Crippen LogP contribution in [0.3, 0.4) is 0 Å². The molecule has 6 heteroatoms. The molecule has 1 saturated heterocycles. The zero-order valence-corrected chi connectivity index (χ0v) is 15.9. The van der Waals surface area contributed by atoms with Crippen LogP contribution >= 0.6 is 11.3 Å². The number of hydrogen-bond acceptors (Lipinski definition) is 4. The Morgan fingerprint density at radius 3 is 3.08 bits per heavy atom. The molecular formula is C20H26N4OS. The topological polar surface area (TPSA) is 61.0 Å². The molecule has 1 spiro atoms. The largest absolute Gasteiger partial charge is 0.335 e. The third kappa shape index (κ3) is 2.89. The molecule has 0 radical (unpaired) electrons. The number of carbonyl (C=O) groups excluding carboxylic acids is 1. The summed E-state index contributed by atoms with van der Waals surface area (Å²) in [4.78, 5) is 15.8. The number of nitrogens with zero attached hydrogens (tertiary/aromatic N) is 2. The number of hydrogen-bond donors (Lipinski definition) is 2. The van der Waals surface area contributed by atoms with Crippen LogP contribution in [-0.2, 0) is 24.2 Å². The number of fused-ring (bicyclic) bond motifs is 1. The van der Waals surface area contributed by atoms with Crippen LogP contribution in [0.4, 0.5) is 0 Å². The normalized spacial score (nSPS) is 26.5. The minimum Gasteiger partial charge on any atom is -0.335 e. The number of aryl methyl sites for hydroxylation is 1. The average Bonchev–Trinajstić information content (AvgIpc) is 3.08. The summed E-state index contributed by atoms with van der Waals surface area (Å²) in [6.07, 6.45) is 8.26. The first-order chi connectivity index (χ1) is 12.8. The van der Waals surface area contributed by atoms with Gasteiger partial charge in [-0.2, -0.15) is 16.4 Å². The zero-order chi connectivity index (χ0) is 17.6. The van der Waals surface area contributed by atoms with E-state index in [9.17, 15) is 4.79 Å². The summed E-state index contributed by atoms with van der Waals surface area (Å²) in [6, 6.07) is 2.59. The fraction of sp³-hybridized carbons (Fsp3) is 0.600. The smallest absolute Gasteiger partial charge is 0.226 e. The molecule has 138 valence electrons. The van der Waals surface area contributed by atoms with Crippen molar-refractivity contribution >= 4 is 17.2 Å². The van der Waals surface area contributed by atoms with Crippen molar-refractivity contribution in [1.29, 1.82) is 0 Å². The molecule has 0 bridgehead atoms. The summed E-state index contributed by atoms with van der Waals surface area (Å²) in [5.41, 5.74) is 4.11. The Morgan fingerprint density at radius 1 is 1.38 bits per heavy atom. The van der Waals surface area contributed by atoms with Crippen LogP contribution in [0.1, 0.15) is 42.5 Å². The van der Waals surface area contributed by atoms with Gasteiger partial charge in [-0.1, -0.05) is 0 Å². The highest BCUT2D eigenvalue weighted by Gasteiger charge is 2.58. The molecule has 2 N–H and O–H groups in total. The van der Waals surface area contributed by atoms with Crippen molar-refractivity contribution in [2.75, 3.05) is 13.1 Å². The van der Waals surface area contributed by atoms with Crippen LogP contribution < -0.4 is 5.32 Å². The van der Waals surface area contributed by atoms with Gasteiger partial charge in [-0.3, -0.25) is 9.89 Å². The standard InChI is InChI=1S/C20H26N4OS/c25-19(15-1-2-16-11-22-23-17(16)9-15)24(12-14-3-8-26-13-14)18-10-20(18)4-6-21-7-5-20/h3,8,11,13,15,18,21H,1-2,4-7,9-10,12H2,(H,22,23)/t15-,18-/m0/s1. The van der Waals surface area contributed by atoms with Gasteiger partial charge in [-0.15, -0.1) is 0 Å². The zero-order valence-electron chi connectivity index (χ0n) is 15.0.